The van der Waals surface area contributed by atoms with Gasteiger partial charge in [0, 0.05) is 23.6 Å². The SMILES string of the molecule is CC(C)c1ccccc1-c1ncc2c(n1)n(Cc1ccc(-c3nc(C(F)(F)F)cs3)cc1)c(=N)n2C. The van der Waals surface area contributed by atoms with Gasteiger partial charge in [0.05, 0.1) is 12.7 Å². The molecule has 5 aromatic rings. The Balaban J connectivity index is 1.50. The quantitative estimate of drug-likeness (QED) is 0.306. The van der Waals surface area contributed by atoms with Crippen molar-refractivity contribution in [2.75, 3.05) is 0 Å². The first kappa shape index (κ1) is 23.9. The van der Waals surface area contributed by atoms with Crippen LogP contribution < -0.4 is 5.62 Å². The van der Waals surface area contributed by atoms with Gasteiger partial charge in [-0.25, -0.2) is 15.0 Å². The Morgan fingerprint density at radius 3 is 2.42 bits per heavy atom. The van der Waals surface area contributed by atoms with Crippen molar-refractivity contribution in [3.05, 3.63) is 82.5 Å². The highest BCUT2D eigenvalue weighted by molar-refractivity contribution is 7.13. The number of nitrogens with one attached hydrogen (secondary N) is 1. The molecule has 0 fully saturated rings. The third kappa shape index (κ3) is 4.32. The Morgan fingerprint density at radius 2 is 1.75 bits per heavy atom. The van der Waals surface area contributed by atoms with E-state index >= 15 is 0 Å². The third-order valence-electron chi connectivity index (χ3n) is 6.10. The largest absolute Gasteiger partial charge is 0.434 e. The molecular formula is C26H23F3N6S. The predicted molar refractivity (Wildman–Crippen MR) is 134 cm³/mol. The molecule has 3 aromatic heterocycles. The lowest BCUT2D eigenvalue weighted by molar-refractivity contribution is -0.140. The average molecular weight is 509 g/mol. The molecule has 36 heavy (non-hydrogen) atoms. The molecule has 0 aliphatic heterocycles. The fourth-order valence-electron chi connectivity index (χ4n) is 4.15. The number of hydrogen-bond acceptors (Lipinski definition) is 5. The first-order valence-electron chi connectivity index (χ1n) is 11.3. The molecule has 0 aliphatic rings. The van der Waals surface area contributed by atoms with Crippen molar-refractivity contribution in [2.45, 2.75) is 32.5 Å². The maximum Gasteiger partial charge on any atom is 0.434 e. The summed E-state index contributed by atoms with van der Waals surface area (Å²) in [5, 5.41) is 9.98. The van der Waals surface area contributed by atoms with E-state index in [1.165, 1.54) is 0 Å². The Labute approximate surface area is 209 Å². The highest BCUT2D eigenvalue weighted by atomic mass is 32.1. The number of nitrogens with zero attached hydrogens (tertiary/aromatic N) is 5. The van der Waals surface area contributed by atoms with Crippen molar-refractivity contribution in [3.8, 4) is 22.0 Å². The molecule has 184 valence electrons. The van der Waals surface area contributed by atoms with Gasteiger partial charge in [0.15, 0.2) is 17.2 Å². The van der Waals surface area contributed by atoms with E-state index in [9.17, 15) is 13.2 Å². The summed E-state index contributed by atoms with van der Waals surface area (Å²) in [5.41, 5.74) is 4.39. The zero-order valence-corrected chi connectivity index (χ0v) is 20.7. The van der Waals surface area contributed by atoms with Gasteiger partial charge in [-0.15, -0.1) is 11.3 Å². The molecule has 0 radical (unpaired) electrons. The van der Waals surface area contributed by atoms with Crippen molar-refractivity contribution >= 4 is 22.5 Å². The maximum atomic E-state index is 12.9. The van der Waals surface area contributed by atoms with Crippen LogP contribution in [0.25, 0.3) is 33.1 Å². The average Bonchev–Trinajstić information content (AvgIpc) is 3.45. The lowest BCUT2D eigenvalue weighted by Gasteiger charge is -2.12. The van der Waals surface area contributed by atoms with E-state index in [4.69, 9.17) is 10.4 Å². The standard InChI is InChI=1S/C26H23F3N6S/c1-15(2)18-6-4-5-7-19(18)22-31-12-20-23(33-22)35(25(30)34(20)3)13-16-8-10-17(11-9-16)24-32-21(14-36-24)26(27,28)29/h4-12,14-15,30H,13H2,1-3H3. The van der Waals surface area contributed by atoms with E-state index in [-0.39, 0.29) is 5.62 Å². The minimum atomic E-state index is -4.46. The summed E-state index contributed by atoms with van der Waals surface area (Å²) >= 11 is 0.963. The van der Waals surface area contributed by atoms with Crippen LogP contribution in [0.3, 0.4) is 0 Å². The van der Waals surface area contributed by atoms with Gasteiger partial charge in [0.1, 0.15) is 10.5 Å². The molecule has 0 aliphatic carbocycles. The number of alkyl halides is 3. The van der Waals surface area contributed by atoms with E-state index in [0.717, 1.165) is 38.9 Å². The van der Waals surface area contributed by atoms with Gasteiger partial charge in [-0.2, -0.15) is 13.2 Å². The predicted octanol–water partition coefficient (Wildman–Crippen LogP) is 6.23. The fraction of sp³-hybridized carbons (Fsp3) is 0.231. The Bertz CT molecular complexity index is 1610. The van der Waals surface area contributed by atoms with Gasteiger partial charge in [-0.3, -0.25) is 9.98 Å². The number of rotatable bonds is 5. The summed E-state index contributed by atoms with van der Waals surface area (Å²) in [7, 11) is 1.80. The number of fused-ring (bicyclic) bond motifs is 1. The van der Waals surface area contributed by atoms with Crippen molar-refractivity contribution in [1.82, 2.24) is 24.1 Å². The summed E-state index contributed by atoms with van der Waals surface area (Å²) in [5.74, 6) is 0.907. The smallest absolute Gasteiger partial charge is 0.311 e. The zero-order chi connectivity index (χ0) is 25.6. The van der Waals surface area contributed by atoms with Crippen LogP contribution in [0.5, 0.6) is 0 Å². The van der Waals surface area contributed by atoms with Crippen LogP contribution in [0.4, 0.5) is 13.2 Å². The summed E-state index contributed by atoms with van der Waals surface area (Å²) in [6, 6.07) is 15.2. The van der Waals surface area contributed by atoms with Gasteiger partial charge >= 0.3 is 6.18 Å². The maximum absolute atomic E-state index is 12.9. The van der Waals surface area contributed by atoms with Gasteiger partial charge < -0.3 is 4.57 Å². The summed E-state index contributed by atoms with van der Waals surface area (Å²) in [4.78, 5) is 13.2. The van der Waals surface area contributed by atoms with Crippen molar-refractivity contribution in [3.63, 3.8) is 0 Å². The van der Waals surface area contributed by atoms with Crippen LogP contribution in [0.2, 0.25) is 0 Å². The monoisotopic (exact) mass is 508 g/mol. The second-order valence-electron chi connectivity index (χ2n) is 8.85. The molecule has 0 bridgehead atoms. The molecular weight excluding hydrogens is 485 g/mol. The first-order valence-corrected chi connectivity index (χ1v) is 12.2. The Morgan fingerprint density at radius 1 is 1.03 bits per heavy atom. The molecule has 0 spiro atoms. The second-order valence-corrected chi connectivity index (χ2v) is 9.70. The van der Waals surface area contributed by atoms with Crippen LogP contribution in [0.1, 0.15) is 36.6 Å². The van der Waals surface area contributed by atoms with Gasteiger partial charge in [0.2, 0.25) is 5.62 Å². The molecule has 1 N–H and O–H groups in total. The summed E-state index contributed by atoms with van der Waals surface area (Å²) in [6.45, 7) is 4.63. The molecule has 0 amide bonds. The van der Waals surface area contributed by atoms with Crippen LogP contribution in [-0.4, -0.2) is 24.1 Å². The molecule has 10 heteroatoms. The highest BCUT2D eigenvalue weighted by Gasteiger charge is 2.33. The fourth-order valence-corrected chi connectivity index (χ4v) is 4.99. The van der Waals surface area contributed by atoms with E-state index in [0.29, 0.717) is 34.5 Å². The number of imidazole rings is 1. The second kappa shape index (κ2) is 9.02. The number of aromatic nitrogens is 5. The van der Waals surface area contributed by atoms with Crippen molar-refractivity contribution in [2.24, 2.45) is 7.05 Å². The molecule has 0 unspecified atom stereocenters. The molecule has 0 atom stereocenters. The van der Waals surface area contributed by atoms with E-state index in [1.54, 1.807) is 34.5 Å². The summed E-state index contributed by atoms with van der Waals surface area (Å²) < 4.78 is 42.2. The van der Waals surface area contributed by atoms with Crippen LogP contribution >= 0.6 is 11.3 Å². The Kier molecular flexibility index (Phi) is 5.99. The molecule has 0 saturated carbocycles. The number of benzene rings is 2. The van der Waals surface area contributed by atoms with E-state index in [2.05, 4.69) is 29.9 Å². The lowest BCUT2D eigenvalue weighted by Crippen LogP contribution is -2.23. The van der Waals surface area contributed by atoms with Crippen LogP contribution in [-0.2, 0) is 19.8 Å². The van der Waals surface area contributed by atoms with Crippen LogP contribution in [0, 0.1) is 5.41 Å². The van der Waals surface area contributed by atoms with Gasteiger partial charge in [0.25, 0.3) is 0 Å². The minimum Gasteiger partial charge on any atom is -0.311 e. The number of aryl methyl sites for hydroxylation is 1. The molecule has 6 nitrogen and oxygen atoms in total. The van der Waals surface area contributed by atoms with Crippen molar-refractivity contribution in [1.29, 1.82) is 5.41 Å². The molecule has 3 heterocycles. The van der Waals surface area contributed by atoms with Gasteiger partial charge in [-0.05, 0) is 17.0 Å². The zero-order valence-electron chi connectivity index (χ0n) is 19.8. The van der Waals surface area contributed by atoms with Crippen molar-refractivity contribution < 1.29 is 13.2 Å². The molecule has 5 rings (SSSR count). The van der Waals surface area contributed by atoms with Crippen LogP contribution in [0.15, 0.2) is 60.1 Å². The number of thiazole rings is 1. The highest BCUT2D eigenvalue weighted by Crippen LogP contribution is 2.33. The normalized spacial score (nSPS) is 12.1. The third-order valence-corrected chi connectivity index (χ3v) is 6.99. The summed E-state index contributed by atoms with van der Waals surface area (Å²) in [6.07, 6.45) is -2.71. The van der Waals surface area contributed by atoms with E-state index < -0.39 is 11.9 Å². The Hall–Kier alpha value is -3.79. The minimum absolute atomic E-state index is 0.271. The lowest BCUT2D eigenvalue weighted by atomic mass is 9.97. The number of hydrogen-bond donors (Lipinski definition) is 1. The first-order chi connectivity index (χ1) is 17.1. The van der Waals surface area contributed by atoms with E-state index in [1.807, 2.05) is 30.3 Å². The van der Waals surface area contributed by atoms with Gasteiger partial charge in [-0.1, -0.05) is 62.4 Å². The topological polar surface area (TPSA) is 72.4 Å². The number of halogens is 3. The molecule has 0 saturated heterocycles. The molecule has 2 aromatic carbocycles.